The third-order valence-corrected chi connectivity index (χ3v) is 4.41. The fourth-order valence-corrected chi connectivity index (χ4v) is 2.91. The van der Waals surface area contributed by atoms with E-state index in [1.54, 1.807) is 0 Å². The van der Waals surface area contributed by atoms with E-state index in [0.717, 1.165) is 19.3 Å². The summed E-state index contributed by atoms with van der Waals surface area (Å²) in [6.07, 6.45) is 18.7. The lowest BCUT2D eigenvalue weighted by atomic mass is 10.1. The molecular formula is C23H36. The second-order valence-corrected chi connectivity index (χ2v) is 6.62. The quantitative estimate of drug-likeness (QED) is 0.264. The predicted octanol–water partition coefficient (Wildman–Crippen LogP) is 7.32. The first-order chi connectivity index (χ1) is 11.4. The highest BCUT2D eigenvalue weighted by atomic mass is 14.0. The number of hydrogen-bond acceptors (Lipinski definition) is 0. The van der Waals surface area contributed by atoms with E-state index in [4.69, 9.17) is 0 Å². The van der Waals surface area contributed by atoms with Gasteiger partial charge in [-0.1, -0.05) is 101 Å². The van der Waals surface area contributed by atoms with Crippen molar-refractivity contribution in [3.05, 3.63) is 35.9 Å². The Bertz CT molecular complexity index is 407. The molecule has 1 aromatic carbocycles. The van der Waals surface area contributed by atoms with Crippen molar-refractivity contribution in [3.63, 3.8) is 0 Å². The smallest absolute Gasteiger partial charge is 0.0129 e. The third-order valence-electron chi connectivity index (χ3n) is 4.41. The van der Waals surface area contributed by atoms with E-state index in [-0.39, 0.29) is 0 Å². The van der Waals surface area contributed by atoms with Crippen molar-refractivity contribution < 1.29 is 0 Å². The molecule has 0 heteroatoms. The van der Waals surface area contributed by atoms with Crippen LogP contribution in [0.25, 0.3) is 0 Å². The van der Waals surface area contributed by atoms with E-state index < -0.39 is 0 Å². The molecule has 0 aliphatic rings. The Labute approximate surface area is 145 Å². The first kappa shape index (κ1) is 19.8. The monoisotopic (exact) mass is 312 g/mol. The molecule has 128 valence electrons. The summed E-state index contributed by atoms with van der Waals surface area (Å²) < 4.78 is 0. The molecule has 0 saturated heterocycles. The molecule has 0 aliphatic carbocycles. The molecule has 0 radical (unpaired) electrons. The number of benzene rings is 1. The molecule has 0 heterocycles. The number of rotatable bonds is 13. The van der Waals surface area contributed by atoms with Gasteiger partial charge in [0.1, 0.15) is 0 Å². The first-order valence-electron chi connectivity index (χ1n) is 9.93. The molecule has 0 saturated carbocycles. The zero-order valence-electron chi connectivity index (χ0n) is 15.3. The second kappa shape index (κ2) is 15.7. The van der Waals surface area contributed by atoms with Gasteiger partial charge in [0, 0.05) is 12.8 Å². The first-order valence-corrected chi connectivity index (χ1v) is 9.93. The van der Waals surface area contributed by atoms with Crippen LogP contribution < -0.4 is 0 Å². The number of unbranched alkanes of at least 4 members (excludes halogenated alkanes) is 11. The van der Waals surface area contributed by atoms with Crippen molar-refractivity contribution in [1.29, 1.82) is 0 Å². The Hall–Kier alpha value is -1.22. The third kappa shape index (κ3) is 13.0. The highest BCUT2D eigenvalue weighted by Crippen LogP contribution is 2.11. The van der Waals surface area contributed by atoms with Crippen LogP contribution in [0.3, 0.4) is 0 Å². The topological polar surface area (TPSA) is 0 Å². The minimum Gasteiger partial charge on any atom is -0.103 e. The molecule has 0 bridgehead atoms. The molecule has 0 spiro atoms. The van der Waals surface area contributed by atoms with E-state index in [1.165, 1.54) is 76.2 Å². The summed E-state index contributed by atoms with van der Waals surface area (Å²) in [6, 6.07) is 10.7. The standard InChI is InChI=1S/C23H36/c1-2-3-4-5-6-7-8-9-10-11-12-13-14-15-17-20-23-21-18-16-19-22-23/h16,18-19,21-22H,2-13,17,20H2,1H3. The van der Waals surface area contributed by atoms with Crippen molar-refractivity contribution in [3.8, 4) is 11.8 Å². The second-order valence-electron chi connectivity index (χ2n) is 6.62. The lowest BCUT2D eigenvalue weighted by Crippen LogP contribution is -1.82. The van der Waals surface area contributed by atoms with Crippen molar-refractivity contribution in [2.24, 2.45) is 0 Å². The molecule has 0 nitrogen and oxygen atoms in total. The van der Waals surface area contributed by atoms with Gasteiger partial charge >= 0.3 is 0 Å². The molecule has 1 aromatic rings. The lowest BCUT2D eigenvalue weighted by Gasteiger charge is -2.01. The Morgan fingerprint density at radius 1 is 0.609 bits per heavy atom. The van der Waals surface area contributed by atoms with Gasteiger partial charge in [-0.05, 0) is 18.4 Å². The molecule has 0 amide bonds. The largest absolute Gasteiger partial charge is 0.103 e. The van der Waals surface area contributed by atoms with Crippen molar-refractivity contribution in [1.82, 2.24) is 0 Å². The van der Waals surface area contributed by atoms with Gasteiger partial charge in [0.15, 0.2) is 0 Å². The summed E-state index contributed by atoms with van der Waals surface area (Å²) in [5, 5.41) is 0. The van der Waals surface area contributed by atoms with Gasteiger partial charge in [0.25, 0.3) is 0 Å². The zero-order valence-corrected chi connectivity index (χ0v) is 15.3. The maximum Gasteiger partial charge on any atom is 0.0129 e. The van der Waals surface area contributed by atoms with Crippen molar-refractivity contribution >= 4 is 0 Å². The van der Waals surface area contributed by atoms with Gasteiger partial charge in [0.2, 0.25) is 0 Å². The van der Waals surface area contributed by atoms with Gasteiger partial charge in [-0.15, -0.1) is 11.8 Å². The molecule has 23 heavy (non-hydrogen) atoms. The SMILES string of the molecule is CCCCCCCCCCCCCC#CCCc1ccccc1. The van der Waals surface area contributed by atoms with Crippen LogP contribution >= 0.6 is 0 Å². The van der Waals surface area contributed by atoms with Crippen LogP contribution in [0.15, 0.2) is 30.3 Å². The number of hydrogen-bond donors (Lipinski definition) is 0. The molecule has 0 N–H and O–H groups in total. The molecule has 0 aromatic heterocycles. The fourth-order valence-electron chi connectivity index (χ4n) is 2.91. The summed E-state index contributed by atoms with van der Waals surface area (Å²) in [4.78, 5) is 0. The van der Waals surface area contributed by atoms with Crippen LogP contribution in [0.2, 0.25) is 0 Å². The van der Waals surface area contributed by atoms with Gasteiger partial charge in [0.05, 0.1) is 0 Å². The summed E-state index contributed by atoms with van der Waals surface area (Å²) in [5.74, 6) is 6.66. The highest BCUT2D eigenvalue weighted by molar-refractivity contribution is 5.16. The van der Waals surface area contributed by atoms with E-state index in [0.29, 0.717) is 0 Å². The van der Waals surface area contributed by atoms with Gasteiger partial charge in [-0.2, -0.15) is 0 Å². The Morgan fingerprint density at radius 3 is 1.74 bits per heavy atom. The van der Waals surface area contributed by atoms with E-state index >= 15 is 0 Å². The molecule has 0 unspecified atom stereocenters. The maximum absolute atomic E-state index is 3.34. The minimum atomic E-state index is 1.00. The Kier molecular flexibility index (Phi) is 13.5. The van der Waals surface area contributed by atoms with Crippen LogP contribution in [-0.2, 0) is 6.42 Å². The molecule has 1 rings (SSSR count). The number of aryl methyl sites for hydroxylation is 1. The van der Waals surface area contributed by atoms with E-state index in [9.17, 15) is 0 Å². The predicted molar refractivity (Wildman–Crippen MR) is 104 cm³/mol. The van der Waals surface area contributed by atoms with Gasteiger partial charge in [-0.3, -0.25) is 0 Å². The average molecular weight is 313 g/mol. The van der Waals surface area contributed by atoms with Crippen LogP contribution in [0.1, 0.15) is 96.0 Å². The molecule has 0 aliphatic heterocycles. The minimum absolute atomic E-state index is 1.00. The van der Waals surface area contributed by atoms with E-state index in [1.807, 2.05) is 0 Å². The van der Waals surface area contributed by atoms with Gasteiger partial charge in [-0.25, -0.2) is 0 Å². The summed E-state index contributed by atoms with van der Waals surface area (Å²) >= 11 is 0. The lowest BCUT2D eigenvalue weighted by molar-refractivity contribution is 0.551. The van der Waals surface area contributed by atoms with Crippen molar-refractivity contribution in [2.75, 3.05) is 0 Å². The van der Waals surface area contributed by atoms with Crippen LogP contribution in [0.4, 0.5) is 0 Å². The fraction of sp³-hybridized carbons (Fsp3) is 0.652. The zero-order chi connectivity index (χ0) is 16.4. The Balaban J connectivity index is 1.80. The molecule has 0 atom stereocenters. The average Bonchev–Trinajstić information content (AvgIpc) is 2.59. The van der Waals surface area contributed by atoms with Gasteiger partial charge < -0.3 is 0 Å². The maximum atomic E-state index is 3.34. The summed E-state index contributed by atoms with van der Waals surface area (Å²) in [6.45, 7) is 2.29. The van der Waals surface area contributed by atoms with E-state index in [2.05, 4.69) is 49.1 Å². The Morgan fingerprint density at radius 2 is 1.13 bits per heavy atom. The molecular weight excluding hydrogens is 276 g/mol. The van der Waals surface area contributed by atoms with Crippen LogP contribution in [0, 0.1) is 11.8 Å². The van der Waals surface area contributed by atoms with Crippen molar-refractivity contribution in [2.45, 2.75) is 96.8 Å². The van der Waals surface area contributed by atoms with Crippen LogP contribution in [-0.4, -0.2) is 0 Å². The molecule has 0 fully saturated rings. The summed E-state index contributed by atoms with van der Waals surface area (Å²) in [5.41, 5.74) is 1.40. The highest BCUT2D eigenvalue weighted by Gasteiger charge is 1.92. The van der Waals surface area contributed by atoms with Crippen LogP contribution in [0.5, 0.6) is 0 Å². The summed E-state index contributed by atoms with van der Waals surface area (Å²) in [7, 11) is 0. The normalized spacial score (nSPS) is 10.3.